The van der Waals surface area contributed by atoms with Gasteiger partial charge in [-0.3, -0.25) is 14.7 Å². The summed E-state index contributed by atoms with van der Waals surface area (Å²) in [5, 5.41) is 1.02. The van der Waals surface area contributed by atoms with Crippen molar-refractivity contribution in [2.75, 3.05) is 26.7 Å². The molecule has 142 valence electrons. The summed E-state index contributed by atoms with van der Waals surface area (Å²) in [4.78, 5) is 22.1. The molecule has 28 heavy (non-hydrogen) atoms. The average molecular weight is 371 g/mol. The van der Waals surface area contributed by atoms with Crippen molar-refractivity contribution in [3.05, 3.63) is 77.5 Å². The van der Waals surface area contributed by atoms with Crippen LogP contribution in [0.3, 0.4) is 0 Å². The van der Waals surface area contributed by atoms with Gasteiger partial charge in [0.05, 0.1) is 5.52 Å². The van der Waals surface area contributed by atoms with Gasteiger partial charge in [-0.1, -0.05) is 30.3 Å². The quantitative estimate of drug-likeness (QED) is 0.685. The first kappa shape index (κ1) is 17.4. The van der Waals surface area contributed by atoms with Gasteiger partial charge in [-0.25, -0.2) is 0 Å². The predicted molar refractivity (Wildman–Crippen MR) is 111 cm³/mol. The van der Waals surface area contributed by atoms with E-state index >= 15 is 0 Å². The second-order valence-electron chi connectivity index (χ2n) is 8.29. The van der Waals surface area contributed by atoms with Crippen molar-refractivity contribution < 1.29 is 4.79 Å². The molecule has 0 unspecified atom stereocenters. The number of pyridine rings is 1. The van der Waals surface area contributed by atoms with Gasteiger partial charge in [0.2, 0.25) is 0 Å². The summed E-state index contributed by atoms with van der Waals surface area (Å²) in [5.74, 6) is 1.18. The fraction of sp³-hybridized carbons (Fsp3) is 0.333. The van der Waals surface area contributed by atoms with Crippen molar-refractivity contribution >= 4 is 16.8 Å². The number of aromatic nitrogens is 1. The van der Waals surface area contributed by atoms with Gasteiger partial charge in [-0.2, -0.15) is 0 Å². The van der Waals surface area contributed by atoms with Crippen LogP contribution in [0, 0.1) is 18.8 Å². The highest BCUT2D eigenvalue weighted by Crippen LogP contribution is 2.45. The second kappa shape index (κ2) is 6.71. The smallest absolute Gasteiger partial charge is 0.253 e. The Kier molecular flexibility index (Phi) is 4.17. The first-order valence-corrected chi connectivity index (χ1v) is 10.0. The maximum absolute atomic E-state index is 13.2. The maximum Gasteiger partial charge on any atom is 0.253 e. The number of rotatable bonds is 2. The van der Waals surface area contributed by atoms with E-state index in [1.165, 1.54) is 11.1 Å². The third-order valence-electron chi connectivity index (χ3n) is 6.54. The Balaban J connectivity index is 1.40. The van der Waals surface area contributed by atoms with Crippen LogP contribution in [-0.4, -0.2) is 47.4 Å². The summed E-state index contributed by atoms with van der Waals surface area (Å²) in [6.45, 7) is 4.92. The zero-order chi connectivity index (χ0) is 19.3. The number of aryl methyl sites for hydroxylation is 1. The molecule has 2 aliphatic rings. The molecule has 3 aromatic rings. The van der Waals surface area contributed by atoms with Crippen LogP contribution in [-0.2, 0) is 0 Å². The monoisotopic (exact) mass is 371 g/mol. The van der Waals surface area contributed by atoms with E-state index in [0.717, 1.165) is 36.1 Å². The lowest BCUT2D eigenvalue weighted by atomic mass is 9.88. The highest BCUT2D eigenvalue weighted by molar-refractivity contribution is 5.98. The summed E-state index contributed by atoms with van der Waals surface area (Å²) >= 11 is 0. The van der Waals surface area contributed by atoms with Crippen LogP contribution in [0.15, 0.2) is 60.8 Å². The van der Waals surface area contributed by atoms with Crippen LogP contribution in [0.4, 0.5) is 0 Å². The number of benzene rings is 2. The molecule has 0 saturated carbocycles. The summed E-state index contributed by atoms with van der Waals surface area (Å²) in [6, 6.07) is 18.8. The summed E-state index contributed by atoms with van der Waals surface area (Å²) in [5.41, 5.74) is 4.44. The highest BCUT2D eigenvalue weighted by atomic mass is 16.2. The zero-order valence-electron chi connectivity index (χ0n) is 16.4. The number of hydrogen-bond acceptors (Lipinski definition) is 3. The van der Waals surface area contributed by atoms with Gasteiger partial charge >= 0.3 is 0 Å². The van der Waals surface area contributed by atoms with E-state index in [4.69, 9.17) is 0 Å². The lowest BCUT2D eigenvalue weighted by molar-refractivity contribution is 0.0768. The second-order valence-corrected chi connectivity index (χ2v) is 8.29. The van der Waals surface area contributed by atoms with Crippen LogP contribution in [0.5, 0.6) is 0 Å². The number of fused-ring (bicyclic) bond motifs is 2. The van der Waals surface area contributed by atoms with Gasteiger partial charge in [0.25, 0.3) is 5.91 Å². The van der Waals surface area contributed by atoms with Gasteiger partial charge in [-0.05, 0) is 55.3 Å². The molecule has 0 aliphatic carbocycles. The van der Waals surface area contributed by atoms with E-state index in [1.54, 1.807) is 6.20 Å². The van der Waals surface area contributed by atoms with Crippen LogP contribution in [0.2, 0.25) is 0 Å². The van der Waals surface area contributed by atoms with Crippen molar-refractivity contribution in [3.63, 3.8) is 0 Å². The van der Waals surface area contributed by atoms with Gasteiger partial charge in [0, 0.05) is 48.7 Å². The van der Waals surface area contributed by atoms with Gasteiger partial charge in [0.15, 0.2) is 0 Å². The van der Waals surface area contributed by atoms with Crippen LogP contribution in [0.1, 0.15) is 27.5 Å². The lowest BCUT2D eigenvalue weighted by Gasteiger charge is -2.28. The van der Waals surface area contributed by atoms with E-state index in [9.17, 15) is 4.79 Å². The molecule has 1 amide bonds. The molecule has 0 spiro atoms. The molecule has 5 rings (SSSR count). The molecule has 3 atom stereocenters. The van der Waals surface area contributed by atoms with Gasteiger partial charge in [-0.15, -0.1) is 0 Å². The Bertz CT molecular complexity index is 1050. The van der Waals surface area contributed by atoms with Crippen molar-refractivity contribution in [2.24, 2.45) is 11.8 Å². The van der Waals surface area contributed by atoms with Crippen molar-refractivity contribution in [2.45, 2.75) is 13.0 Å². The molecular weight excluding hydrogens is 346 g/mol. The molecule has 4 nitrogen and oxygen atoms in total. The van der Waals surface area contributed by atoms with Gasteiger partial charge in [0.1, 0.15) is 0 Å². The predicted octanol–water partition coefficient (Wildman–Crippen LogP) is 3.92. The Hall–Kier alpha value is -2.72. The van der Waals surface area contributed by atoms with Crippen molar-refractivity contribution in [1.82, 2.24) is 14.8 Å². The standard InChI is InChI=1S/C24H25N3O/c1-16-6-3-4-8-20(16)23-21-15-27(14-19(21)13-26(23)2)24(28)18-9-10-22-17(12-18)7-5-11-25-22/h3-12,19,21,23H,13-15H2,1-2H3/t19-,21+,23+/m0/s1. The molecule has 2 aromatic carbocycles. The Morgan fingerprint density at radius 2 is 1.89 bits per heavy atom. The molecule has 2 fully saturated rings. The third kappa shape index (κ3) is 2.80. The highest BCUT2D eigenvalue weighted by Gasteiger charge is 2.47. The normalized spacial score (nSPS) is 24.6. The van der Waals surface area contributed by atoms with Crippen LogP contribution in [0.25, 0.3) is 10.9 Å². The molecule has 0 bridgehead atoms. The number of carbonyl (C=O) groups excluding carboxylic acids is 1. The minimum absolute atomic E-state index is 0.145. The minimum atomic E-state index is 0.145. The zero-order valence-corrected chi connectivity index (χ0v) is 16.4. The van der Waals surface area contributed by atoms with E-state index in [2.05, 4.69) is 53.0 Å². The number of hydrogen-bond donors (Lipinski definition) is 0. The largest absolute Gasteiger partial charge is 0.338 e. The average Bonchev–Trinajstić information content (AvgIpc) is 3.24. The Morgan fingerprint density at radius 3 is 2.75 bits per heavy atom. The number of likely N-dealkylation sites (tertiary alicyclic amines) is 2. The van der Waals surface area contributed by atoms with E-state index in [0.29, 0.717) is 17.9 Å². The Morgan fingerprint density at radius 1 is 1.04 bits per heavy atom. The molecule has 1 aromatic heterocycles. The van der Waals surface area contributed by atoms with Gasteiger partial charge < -0.3 is 4.90 Å². The summed E-state index contributed by atoms with van der Waals surface area (Å²) in [7, 11) is 2.22. The molecule has 2 aliphatic heterocycles. The summed E-state index contributed by atoms with van der Waals surface area (Å²) < 4.78 is 0. The fourth-order valence-electron chi connectivity index (χ4n) is 5.20. The molecular formula is C24H25N3O. The van der Waals surface area contributed by atoms with E-state index < -0.39 is 0 Å². The third-order valence-corrected chi connectivity index (χ3v) is 6.54. The molecule has 0 N–H and O–H groups in total. The van der Waals surface area contributed by atoms with Crippen molar-refractivity contribution in [1.29, 1.82) is 0 Å². The first-order valence-electron chi connectivity index (χ1n) is 10.0. The Labute approximate surface area is 165 Å². The van der Waals surface area contributed by atoms with E-state index in [-0.39, 0.29) is 5.91 Å². The molecule has 3 heterocycles. The fourth-order valence-corrected chi connectivity index (χ4v) is 5.20. The topological polar surface area (TPSA) is 36.4 Å². The number of nitrogens with zero attached hydrogens (tertiary/aromatic N) is 3. The summed E-state index contributed by atoms with van der Waals surface area (Å²) in [6.07, 6.45) is 1.79. The molecule has 2 saturated heterocycles. The van der Waals surface area contributed by atoms with E-state index in [1.807, 2.05) is 30.3 Å². The van der Waals surface area contributed by atoms with Crippen molar-refractivity contribution in [3.8, 4) is 0 Å². The van der Waals surface area contributed by atoms with Crippen LogP contribution >= 0.6 is 0 Å². The SMILES string of the molecule is Cc1ccccc1[C@@H]1[C@@H]2CN(C(=O)c3ccc4ncccc4c3)C[C@@H]2CN1C. The maximum atomic E-state index is 13.2. The lowest BCUT2D eigenvalue weighted by Crippen LogP contribution is -2.33. The van der Waals surface area contributed by atoms with Crippen LogP contribution < -0.4 is 0 Å². The molecule has 0 radical (unpaired) electrons. The first-order chi connectivity index (χ1) is 13.6. The molecule has 4 heteroatoms. The number of carbonyl (C=O) groups is 1. The minimum Gasteiger partial charge on any atom is -0.338 e. The number of amides is 1.